The average Bonchev–Trinajstić information content (AvgIpc) is 3.25. The zero-order valence-corrected chi connectivity index (χ0v) is 15.5. The number of pyridine rings is 1. The van der Waals surface area contributed by atoms with Crippen molar-refractivity contribution < 1.29 is 9.53 Å². The van der Waals surface area contributed by atoms with Gasteiger partial charge in [0.2, 0.25) is 5.91 Å². The van der Waals surface area contributed by atoms with E-state index in [4.69, 9.17) is 16.3 Å². The summed E-state index contributed by atoms with van der Waals surface area (Å²) in [5.74, 6) is 1.48. The third-order valence-electron chi connectivity index (χ3n) is 3.85. The second-order valence-corrected chi connectivity index (χ2v) is 7.08. The maximum atomic E-state index is 12.1. The lowest BCUT2D eigenvalue weighted by Gasteiger charge is -2.14. The Hall–Kier alpha value is -1.64. The van der Waals surface area contributed by atoms with Crippen molar-refractivity contribution in [3.8, 4) is 0 Å². The lowest BCUT2D eigenvalue weighted by molar-refractivity contribution is -0.113. The van der Waals surface area contributed by atoms with Crippen LogP contribution < -0.4 is 5.32 Å². The third-order valence-corrected chi connectivity index (χ3v) is 5.04. The van der Waals surface area contributed by atoms with Crippen molar-refractivity contribution in [1.29, 1.82) is 0 Å². The van der Waals surface area contributed by atoms with Crippen LogP contribution in [-0.4, -0.2) is 44.1 Å². The summed E-state index contributed by atoms with van der Waals surface area (Å²) in [4.78, 5) is 16.2. The first-order valence-corrected chi connectivity index (χ1v) is 9.60. The van der Waals surface area contributed by atoms with E-state index in [-0.39, 0.29) is 17.8 Å². The van der Waals surface area contributed by atoms with Gasteiger partial charge in [0.05, 0.1) is 23.4 Å². The van der Waals surface area contributed by atoms with E-state index in [1.54, 1.807) is 12.1 Å². The number of carbonyl (C=O) groups excluding carboxylic acids is 1. The molecule has 1 atom stereocenters. The minimum Gasteiger partial charge on any atom is -0.376 e. The summed E-state index contributed by atoms with van der Waals surface area (Å²) >= 11 is 7.15. The number of aromatic nitrogens is 4. The molecule has 2 aromatic heterocycles. The Bertz CT molecular complexity index is 716. The molecular weight excluding hydrogens is 362 g/mol. The quantitative estimate of drug-likeness (QED) is 0.742. The van der Waals surface area contributed by atoms with Gasteiger partial charge in [0.15, 0.2) is 5.16 Å². The van der Waals surface area contributed by atoms with Gasteiger partial charge in [-0.3, -0.25) is 4.79 Å². The van der Waals surface area contributed by atoms with Crippen LogP contribution in [0, 0.1) is 0 Å². The van der Waals surface area contributed by atoms with Crippen LogP contribution in [0.4, 0.5) is 5.82 Å². The zero-order valence-electron chi connectivity index (χ0n) is 13.9. The van der Waals surface area contributed by atoms with Gasteiger partial charge in [-0.05, 0) is 25.0 Å². The fourth-order valence-electron chi connectivity index (χ4n) is 2.62. The standard InChI is InChI=1S/C16H20ClN5O2S/c1-2-14-20-21-16(22(14)9-12-4-3-7-24-12)25-10-15(23)19-13-6-5-11(17)8-18-13/h5-6,8,12H,2-4,7,9-10H2,1H3,(H,18,19,23)/t12-/m0/s1. The molecule has 9 heteroatoms. The van der Waals surface area contributed by atoms with E-state index in [1.807, 2.05) is 6.92 Å². The smallest absolute Gasteiger partial charge is 0.236 e. The molecule has 25 heavy (non-hydrogen) atoms. The maximum Gasteiger partial charge on any atom is 0.236 e. The minimum atomic E-state index is -0.149. The van der Waals surface area contributed by atoms with Gasteiger partial charge < -0.3 is 14.6 Å². The largest absolute Gasteiger partial charge is 0.376 e. The summed E-state index contributed by atoms with van der Waals surface area (Å²) in [5.41, 5.74) is 0. The van der Waals surface area contributed by atoms with Crippen LogP contribution in [0.15, 0.2) is 23.5 Å². The van der Waals surface area contributed by atoms with Crippen LogP contribution in [-0.2, 0) is 22.5 Å². The van der Waals surface area contributed by atoms with Crippen molar-refractivity contribution in [2.75, 3.05) is 17.7 Å². The monoisotopic (exact) mass is 381 g/mol. The summed E-state index contributed by atoms with van der Waals surface area (Å²) in [6.45, 7) is 3.59. The lowest BCUT2D eigenvalue weighted by Crippen LogP contribution is -2.19. The van der Waals surface area contributed by atoms with Crippen molar-refractivity contribution in [2.24, 2.45) is 0 Å². The number of hydrogen-bond acceptors (Lipinski definition) is 6. The summed E-state index contributed by atoms with van der Waals surface area (Å²) in [7, 11) is 0. The predicted octanol–water partition coefficient (Wildman–Crippen LogP) is 2.80. The molecule has 0 bridgehead atoms. The molecule has 3 rings (SSSR count). The molecule has 1 aliphatic rings. The van der Waals surface area contributed by atoms with Gasteiger partial charge in [-0.1, -0.05) is 30.3 Å². The maximum absolute atomic E-state index is 12.1. The zero-order chi connectivity index (χ0) is 17.6. The Morgan fingerprint density at radius 1 is 1.48 bits per heavy atom. The molecule has 1 aliphatic heterocycles. The molecule has 0 saturated carbocycles. The summed E-state index contributed by atoms with van der Waals surface area (Å²) in [6, 6.07) is 3.35. The first-order chi connectivity index (χ1) is 12.2. The highest BCUT2D eigenvalue weighted by molar-refractivity contribution is 7.99. The molecule has 0 unspecified atom stereocenters. The number of halogens is 1. The first-order valence-electron chi connectivity index (χ1n) is 8.23. The third kappa shape index (κ3) is 4.93. The Morgan fingerprint density at radius 2 is 2.36 bits per heavy atom. The van der Waals surface area contributed by atoms with Crippen molar-refractivity contribution in [2.45, 2.75) is 44.0 Å². The van der Waals surface area contributed by atoms with Crippen LogP contribution in [0.25, 0.3) is 0 Å². The number of hydrogen-bond donors (Lipinski definition) is 1. The van der Waals surface area contributed by atoms with Crippen molar-refractivity contribution in [3.63, 3.8) is 0 Å². The van der Waals surface area contributed by atoms with Crippen LogP contribution >= 0.6 is 23.4 Å². The highest BCUT2D eigenvalue weighted by atomic mass is 35.5. The number of amides is 1. The van der Waals surface area contributed by atoms with Gasteiger partial charge in [-0.25, -0.2) is 4.98 Å². The van der Waals surface area contributed by atoms with Gasteiger partial charge in [-0.2, -0.15) is 0 Å². The molecule has 1 saturated heterocycles. The first kappa shape index (κ1) is 18.2. The fraction of sp³-hybridized carbons (Fsp3) is 0.500. The van der Waals surface area contributed by atoms with Gasteiger partial charge in [-0.15, -0.1) is 10.2 Å². The van der Waals surface area contributed by atoms with E-state index in [1.165, 1.54) is 18.0 Å². The predicted molar refractivity (Wildman–Crippen MR) is 97.0 cm³/mol. The van der Waals surface area contributed by atoms with Crippen LogP contribution in [0.1, 0.15) is 25.6 Å². The number of thioether (sulfide) groups is 1. The van der Waals surface area contributed by atoms with E-state index in [2.05, 4.69) is 25.1 Å². The molecular formula is C16H20ClN5O2S. The highest BCUT2D eigenvalue weighted by Crippen LogP contribution is 2.22. The number of aryl methyl sites for hydroxylation is 1. The summed E-state index contributed by atoms with van der Waals surface area (Å²) in [6.07, 6.45) is 4.63. The molecule has 134 valence electrons. The van der Waals surface area contributed by atoms with Crippen LogP contribution in [0.3, 0.4) is 0 Å². The highest BCUT2D eigenvalue weighted by Gasteiger charge is 2.21. The SMILES string of the molecule is CCc1nnc(SCC(=O)Nc2ccc(Cl)cn2)n1C[C@@H]1CCCO1. The fourth-order valence-corrected chi connectivity index (χ4v) is 3.50. The van der Waals surface area contributed by atoms with Crippen molar-refractivity contribution in [3.05, 3.63) is 29.2 Å². The molecule has 0 spiro atoms. The minimum absolute atomic E-state index is 0.149. The summed E-state index contributed by atoms with van der Waals surface area (Å²) < 4.78 is 7.77. The van der Waals surface area contributed by atoms with Crippen molar-refractivity contribution in [1.82, 2.24) is 19.7 Å². The number of nitrogens with one attached hydrogen (secondary N) is 1. The number of carbonyl (C=O) groups is 1. The Morgan fingerprint density at radius 3 is 3.04 bits per heavy atom. The van der Waals surface area contributed by atoms with Crippen LogP contribution in [0.5, 0.6) is 0 Å². The van der Waals surface area contributed by atoms with Gasteiger partial charge in [0.1, 0.15) is 11.6 Å². The normalized spacial score (nSPS) is 17.0. The number of nitrogens with zero attached hydrogens (tertiary/aromatic N) is 4. The second-order valence-electron chi connectivity index (χ2n) is 5.70. The Labute approximate surface area is 155 Å². The van der Waals surface area contributed by atoms with E-state index >= 15 is 0 Å². The Kier molecular flexibility index (Phi) is 6.28. The lowest BCUT2D eigenvalue weighted by atomic mass is 10.2. The van der Waals surface area contributed by atoms with Gasteiger partial charge in [0.25, 0.3) is 0 Å². The number of ether oxygens (including phenoxy) is 1. The van der Waals surface area contributed by atoms with Gasteiger partial charge >= 0.3 is 0 Å². The average molecular weight is 382 g/mol. The van der Waals surface area contributed by atoms with E-state index < -0.39 is 0 Å². The number of rotatable bonds is 7. The topological polar surface area (TPSA) is 81.9 Å². The Balaban J connectivity index is 1.59. The molecule has 3 heterocycles. The van der Waals surface area contributed by atoms with Crippen molar-refractivity contribution >= 4 is 35.1 Å². The molecule has 2 aromatic rings. The molecule has 1 amide bonds. The molecule has 0 aromatic carbocycles. The van der Waals surface area contributed by atoms with E-state index in [0.717, 1.165) is 43.4 Å². The second kappa shape index (κ2) is 8.64. The molecule has 0 radical (unpaired) electrons. The van der Waals surface area contributed by atoms with E-state index in [9.17, 15) is 4.79 Å². The van der Waals surface area contributed by atoms with E-state index in [0.29, 0.717) is 10.8 Å². The molecule has 7 nitrogen and oxygen atoms in total. The molecule has 1 N–H and O–H groups in total. The van der Waals surface area contributed by atoms with Crippen LogP contribution in [0.2, 0.25) is 5.02 Å². The molecule has 1 fully saturated rings. The number of anilines is 1. The summed E-state index contributed by atoms with van der Waals surface area (Å²) in [5, 5.41) is 12.5. The molecule has 0 aliphatic carbocycles. The van der Waals surface area contributed by atoms with Gasteiger partial charge in [0, 0.05) is 19.2 Å².